The maximum atomic E-state index is 12.2. The van der Waals surface area contributed by atoms with E-state index in [1.165, 1.54) is 12.7 Å². The molecule has 1 heterocycles. The monoisotopic (exact) mass is 341 g/mol. The van der Waals surface area contributed by atoms with Gasteiger partial charge < -0.3 is 20.4 Å². The maximum absolute atomic E-state index is 12.2. The van der Waals surface area contributed by atoms with Crippen LogP contribution < -0.4 is 16.0 Å². The summed E-state index contributed by atoms with van der Waals surface area (Å²) in [6, 6.07) is 13.1. The zero-order valence-electron chi connectivity index (χ0n) is 14.0. The third kappa shape index (κ3) is 4.62. The Morgan fingerprint density at radius 3 is 2.44 bits per heavy atom. The largest absolute Gasteiger partial charge is 0.459 e. The summed E-state index contributed by atoms with van der Waals surface area (Å²) in [4.78, 5) is 23.9. The average Bonchev–Trinajstić information content (AvgIpc) is 3.12. The third-order valence-electron chi connectivity index (χ3n) is 4.51. The second kappa shape index (κ2) is 8.37. The number of furan rings is 1. The van der Waals surface area contributed by atoms with Gasteiger partial charge in [-0.05, 0) is 36.5 Å². The van der Waals surface area contributed by atoms with Gasteiger partial charge in [-0.3, -0.25) is 4.79 Å². The molecule has 3 N–H and O–H groups in total. The van der Waals surface area contributed by atoms with Gasteiger partial charge in [0.15, 0.2) is 5.76 Å². The molecule has 1 atom stereocenters. The van der Waals surface area contributed by atoms with Gasteiger partial charge in [-0.25, -0.2) is 4.79 Å². The van der Waals surface area contributed by atoms with E-state index in [4.69, 9.17) is 4.42 Å². The van der Waals surface area contributed by atoms with E-state index in [9.17, 15) is 9.59 Å². The molecule has 6 nitrogen and oxygen atoms in total. The second-order valence-corrected chi connectivity index (χ2v) is 6.21. The van der Waals surface area contributed by atoms with Crippen LogP contribution in [0.3, 0.4) is 0 Å². The van der Waals surface area contributed by atoms with Crippen LogP contribution in [0.25, 0.3) is 0 Å². The third-order valence-corrected chi connectivity index (χ3v) is 4.51. The zero-order valence-corrected chi connectivity index (χ0v) is 14.0. The lowest BCUT2D eigenvalue weighted by molar-refractivity contribution is 0.0926. The number of urea groups is 1. The normalized spacial score (nSPS) is 15.0. The number of benzene rings is 1. The van der Waals surface area contributed by atoms with Crippen LogP contribution in [-0.4, -0.2) is 25.0 Å². The van der Waals surface area contributed by atoms with E-state index in [1.807, 2.05) is 30.3 Å². The average molecular weight is 341 g/mol. The molecule has 6 heteroatoms. The van der Waals surface area contributed by atoms with Crippen LogP contribution in [0, 0.1) is 5.92 Å². The van der Waals surface area contributed by atoms with Crippen LogP contribution in [-0.2, 0) is 0 Å². The van der Waals surface area contributed by atoms with E-state index in [0.29, 0.717) is 19.0 Å². The van der Waals surface area contributed by atoms with E-state index in [1.54, 1.807) is 12.1 Å². The molecule has 0 unspecified atom stereocenters. The highest BCUT2D eigenvalue weighted by molar-refractivity contribution is 5.91. The summed E-state index contributed by atoms with van der Waals surface area (Å²) < 4.78 is 5.01. The van der Waals surface area contributed by atoms with E-state index >= 15 is 0 Å². The van der Waals surface area contributed by atoms with E-state index in [2.05, 4.69) is 16.0 Å². The Morgan fingerprint density at radius 1 is 1.04 bits per heavy atom. The van der Waals surface area contributed by atoms with Gasteiger partial charge in [-0.2, -0.15) is 0 Å². The lowest BCUT2D eigenvalue weighted by atomic mass is 9.77. The molecule has 1 aliphatic carbocycles. The minimum absolute atomic E-state index is 0.0349. The smallest absolute Gasteiger partial charge is 0.315 e. The lowest BCUT2D eigenvalue weighted by Gasteiger charge is -2.34. The van der Waals surface area contributed by atoms with Gasteiger partial charge in [0.2, 0.25) is 0 Å². The SMILES string of the molecule is O=C(NCCNC(=O)c1ccco1)N[C@H](c1ccccc1)C1CCC1. The van der Waals surface area contributed by atoms with Gasteiger partial charge in [0.25, 0.3) is 5.91 Å². The summed E-state index contributed by atoms with van der Waals surface area (Å²) >= 11 is 0. The first kappa shape index (κ1) is 17.1. The lowest BCUT2D eigenvalue weighted by Crippen LogP contribution is -2.44. The number of carbonyl (C=O) groups is 2. The van der Waals surface area contributed by atoms with Gasteiger partial charge in [0.05, 0.1) is 12.3 Å². The predicted molar refractivity (Wildman–Crippen MR) is 94.1 cm³/mol. The summed E-state index contributed by atoms with van der Waals surface area (Å²) in [5, 5.41) is 8.56. The highest BCUT2D eigenvalue weighted by atomic mass is 16.3. The van der Waals surface area contributed by atoms with Crippen molar-refractivity contribution in [3.63, 3.8) is 0 Å². The molecular formula is C19H23N3O3. The van der Waals surface area contributed by atoms with Crippen LogP contribution in [0.5, 0.6) is 0 Å². The second-order valence-electron chi connectivity index (χ2n) is 6.21. The van der Waals surface area contributed by atoms with Gasteiger partial charge in [-0.1, -0.05) is 36.8 Å². The Morgan fingerprint density at radius 2 is 1.80 bits per heavy atom. The fourth-order valence-corrected chi connectivity index (χ4v) is 2.95. The summed E-state index contributed by atoms with van der Waals surface area (Å²) in [5.74, 6) is 0.467. The Hall–Kier alpha value is -2.76. The molecule has 1 fully saturated rings. The van der Waals surface area contributed by atoms with Crippen LogP contribution in [0.2, 0.25) is 0 Å². The molecule has 25 heavy (non-hydrogen) atoms. The molecule has 0 bridgehead atoms. The molecule has 2 aromatic rings. The van der Waals surface area contributed by atoms with Gasteiger partial charge >= 0.3 is 6.03 Å². The molecule has 0 saturated heterocycles. The first-order valence-electron chi connectivity index (χ1n) is 8.65. The Balaban J connectivity index is 1.43. The number of nitrogens with one attached hydrogen (secondary N) is 3. The molecule has 0 aliphatic heterocycles. The molecule has 1 aromatic heterocycles. The first-order chi connectivity index (χ1) is 12.2. The Labute approximate surface area is 147 Å². The highest BCUT2D eigenvalue weighted by Gasteiger charge is 2.29. The summed E-state index contributed by atoms with van der Waals surface area (Å²) in [5.41, 5.74) is 1.13. The van der Waals surface area contributed by atoms with E-state index in [-0.39, 0.29) is 23.7 Å². The van der Waals surface area contributed by atoms with Crippen molar-refractivity contribution in [3.05, 3.63) is 60.1 Å². The van der Waals surface area contributed by atoms with Crippen molar-refractivity contribution < 1.29 is 14.0 Å². The maximum Gasteiger partial charge on any atom is 0.315 e. The molecule has 0 radical (unpaired) electrons. The van der Waals surface area contributed by atoms with Crippen LogP contribution >= 0.6 is 0 Å². The molecule has 3 amide bonds. The Bertz CT molecular complexity index is 681. The quantitative estimate of drug-likeness (QED) is 0.677. The number of amides is 3. The summed E-state index contributed by atoms with van der Waals surface area (Å²) in [6.07, 6.45) is 4.94. The highest BCUT2D eigenvalue weighted by Crippen LogP contribution is 2.37. The fraction of sp³-hybridized carbons (Fsp3) is 0.368. The first-order valence-corrected chi connectivity index (χ1v) is 8.65. The minimum Gasteiger partial charge on any atom is -0.459 e. The van der Waals surface area contributed by atoms with E-state index in [0.717, 1.165) is 18.4 Å². The number of rotatable bonds is 7. The minimum atomic E-state index is -0.288. The molecule has 1 aliphatic rings. The van der Waals surface area contributed by atoms with Crippen molar-refractivity contribution in [2.75, 3.05) is 13.1 Å². The molecule has 1 saturated carbocycles. The van der Waals surface area contributed by atoms with Crippen molar-refractivity contribution in [2.45, 2.75) is 25.3 Å². The molecule has 0 spiro atoms. The Kier molecular flexibility index (Phi) is 5.72. The van der Waals surface area contributed by atoms with Crippen molar-refractivity contribution in [1.29, 1.82) is 0 Å². The topological polar surface area (TPSA) is 83.4 Å². The summed E-state index contributed by atoms with van der Waals surface area (Å²) in [6.45, 7) is 0.691. The molecule has 3 rings (SSSR count). The number of hydrogen-bond acceptors (Lipinski definition) is 3. The van der Waals surface area contributed by atoms with Gasteiger partial charge in [0.1, 0.15) is 0 Å². The zero-order chi connectivity index (χ0) is 17.5. The fourth-order valence-electron chi connectivity index (χ4n) is 2.95. The van der Waals surface area contributed by atoms with E-state index < -0.39 is 0 Å². The predicted octanol–water partition coefficient (Wildman–Crippen LogP) is 2.85. The van der Waals surface area contributed by atoms with Crippen LogP contribution in [0.15, 0.2) is 53.1 Å². The van der Waals surface area contributed by atoms with Crippen molar-refractivity contribution >= 4 is 11.9 Å². The molecular weight excluding hydrogens is 318 g/mol. The van der Waals surface area contributed by atoms with Crippen LogP contribution in [0.1, 0.15) is 41.4 Å². The standard InChI is InChI=1S/C19H23N3O3/c23-18(16-10-5-13-25-16)20-11-12-21-19(24)22-17(15-8-4-9-15)14-6-2-1-3-7-14/h1-3,5-7,10,13,15,17H,4,8-9,11-12H2,(H,20,23)(H2,21,22,24)/t17-/m1/s1. The summed E-state index contributed by atoms with van der Waals surface area (Å²) in [7, 11) is 0. The molecule has 132 valence electrons. The number of carbonyl (C=O) groups excluding carboxylic acids is 2. The van der Waals surface area contributed by atoms with Crippen molar-refractivity contribution in [3.8, 4) is 0 Å². The van der Waals surface area contributed by atoms with Crippen LogP contribution in [0.4, 0.5) is 4.79 Å². The van der Waals surface area contributed by atoms with Gasteiger partial charge in [0, 0.05) is 13.1 Å². The molecule has 1 aromatic carbocycles. The van der Waals surface area contributed by atoms with Crippen molar-refractivity contribution in [2.24, 2.45) is 5.92 Å². The van der Waals surface area contributed by atoms with Crippen molar-refractivity contribution in [1.82, 2.24) is 16.0 Å². The van der Waals surface area contributed by atoms with Gasteiger partial charge in [-0.15, -0.1) is 0 Å². The number of hydrogen-bond donors (Lipinski definition) is 3.